The Balaban J connectivity index is 2.33. The predicted octanol–water partition coefficient (Wildman–Crippen LogP) is 1.01. The van der Waals surface area contributed by atoms with Crippen LogP contribution in [0.15, 0.2) is 24.3 Å². The van der Waals surface area contributed by atoms with Crippen molar-refractivity contribution < 1.29 is 19.4 Å². The molecule has 1 amide bonds. The molecule has 0 aromatic heterocycles. The molecule has 0 atom stereocenters. The van der Waals surface area contributed by atoms with Gasteiger partial charge in [0.05, 0.1) is 13.2 Å². The van der Waals surface area contributed by atoms with E-state index < -0.39 is 0 Å². The Morgan fingerprint density at radius 2 is 1.94 bits per heavy atom. The van der Waals surface area contributed by atoms with Gasteiger partial charge < -0.3 is 19.5 Å². The number of hydrogen-bond donors (Lipinski definition) is 1. The van der Waals surface area contributed by atoms with Crippen molar-refractivity contribution in [2.24, 2.45) is 0 Å². The zero-order valence-electron chi connectivity index (χ0n) is 10.8. The fourth-order valence-electron chi connectivity index (χ4n) is 1.38. The summed E-state index contributed by atoms with van der Waals surface area (Å²) >= 11 is 0. The number of aromatic hydroxyl groups is 1. The zero-order valence-corrected chi connectivity index (χ0v) is 10.8. The summed E-state index contributed by atoms with van der Waals surface area (Å²) < 4.78 is 9.97. The molecule has 1 aromatic rings. The summed E-state index contributed by atoms with van der Waals surface area (Å²) in [6, 6.07) is 6.77. The Bertz CT molecular complexity index is 364. The summed E-state index contributed by atoms with van der Waals surface area (Å²) in [5, 5.41) is 9.15. The van der Waals surface area contributed by atoms with Crippen LogP contribution in [0.1, 0.15) is 5.56 Å². The molecule has 0 spiro atoms. The largest absolute Gasteiger partial charge is 0.508 e. The standard InChI is InChI=1S/C13H19NO4/c1-14(13(16)10-18-8-7-17-2)9-11-3-5-12(15)6-4-11/h3-6,15H,7-10H2,1-2H3. The number of hydrogen-bond acceptors (Lipinski definition) is 4. The number of methoxy groups -OCH3 is 1. The third-order valence-electron chi connectivity index (χ3n) is 2.44. The molecule has 0 aliphatic rings. The van der Waals surface area contributed by atoms with Gasteiger partial charge in [0.1, 0.15) is 12.4 Å². The van der Waals surface area contributed by atoms with Crippen LogP contribution in [-0.2, 0) is 20.8 Å². The SMILES string of the molecule is COCCOCC(=O)N(C)Cc1ccc(O)cc1. The van der Waals surface area contributed by atoms with Gasteiger partial charge in [-0.3, -0.25) is 4.79 Å². The van der Waals surface area contributed by atoms with E-state index in [9.17, 15) is 4.79 Å². The van der Waals surface area contributed by atoms with Crippen LogP contribution < -0.4 is 0 Å². The maximum Gasteiger partial charge on any atom is 0.248 e. The Labute approximate surface area is 107 Å². The van der Waals surface area contributed by atoms with E-state index in [-0.39, 0.29) is 18.3 Å². The number of ether oxygens (including phenoxy) is 2. The molecule has 1 N–H and O–H groups in total. The van der Waals surface area contributed by atoms with Crippen molar-refractivity contribution in [2.75, 3.05) is 34.0 Å². The molecular weight excluding hydrogens is 234 g/mol. The molecule has 0 saturated carbocycles. The van der Waals surface area contributed by atoms with Crippen LogP contribution in [0.4, 0.5) is 0 Å². The van der Waals surface area contributed by atoms with Crippen molar-refractivity contribution in [1.29, 1.82) is 0 Å². The molecule has 0 fully saturated rings. The average Bonchev–Trinajstić information content (AvgIpc) is 2.37. The number of likely N-dealkylation sites (N-methyl/N-ethyl adjacent to an activating group) is 1. The van der Waals surface area contributed by atoms with Gasteiger partial charge in [0.2, 0.25) is 5.91 Å². The second kappa shape index (κ2) is 7.68. The highest BCUT2D eigenvalue weighted by molar-refractivity contribution is 5.77. The monoisotopic (exact) mass is 253 g/mol. The van der Waals surface area contributed by atoms with Crippen LogP contribution in [0.5, 0.6) is 5.75 Å². The lowest BCUT2D eigenvalue weighted by atomic mass is 10.2. The molecule has 0 heterocycles. The fourth-order valence-corrected chi connectivity index (χ4v) is 1.38. The van der Waals surface area contributed by atoms with E-state index in [4.69, 9.17) is 14.6 Å². The highest BCUT2D eigenvalue weighted by Gasteiger charge is 2.09. The van der Waals surface area contributed by atoms with Crippen LogP contribution in [0.2, 0.25) is 0 Å². The van der Waals surface area contributed by atoms with Gasteiger partial charge in [0.25, 0.3) is 0 Å². The van der Waals surface area contributed by atoms with Crippen molar-refractivity contribution >= 4 is 5.91 Å². The number of nitrogens with zero attached hydrogens (tertiary/aromatic N) is 1. The quantitative estimate of drug-likeness (QED) is 0.737. The lowest BCUT2D eigenvalue weighted by Gasteiger charge is -2.17. The zero-order chi connectivity index (χ0) is 13.4. The molecule has 0 bridgehead atoms. The number of amides is 1. The molecule has 18 heavy (non-hydrogen) atoms. The molecule has 1 aromatic carbocycles. The maximum atomic E-state index is 11.7. The van der Waals surface area contributed by atoms with Crippen molar-refractivity contribution in [3.63, 3.8) is 0 Å². The molecule has 0 aliphatic heterocycles. The normalized spacial score (nSPS) is 10.3. The van der Waals surface area contributed by atoms with Crippen molar-refractivity contribution in [3.8, 4) is 5.75 Å². The number of carbonyl (C=O) groups excluding carboxylic acids is 1. The van der Waals surface area contributed by atoms with Gasteiger partial charge in [-0.15, -0.1) is 0 Å². The summed E-state index contributed by atoms with van der Waals surface area (Å²) in [5.41, 5.74) is 0.959. The van der Waals surface area contributed by atoms with Gasteiger partial charge in [-0.1, -0.05) is 12.1 Å². The lowest BCUT2D eigenvalue weighted by Crippen LogP contribution is -2.30. The van der Waals surface area contributed by atoms with E-state index in [1.165, 1.54) is 0 Å². The minimum atomic E-state index is -0.0841. The summed E-state index contributed by atoms with van der Waals surface area (Å²) in [6.45, 7) is 1.44. The molecule has 0 unspecified atom stereocenters. The second-order valence-corrected chi connectivity index (χ2v) is 3.96. The van der Waals surface area contributed by atoms with Gasteiger partial charge >= 0.3 is 0 Å². The van der Waals surface area contributed by atoms with Gasteiger partial charge in [-0.2, -0.15) is 0 Å². The molecule has 0 aliphatic carbocycles. The van der Waals surface area contributed by atoms with E-state index in [1.807, 2.05) is 0 Å². The van der Waals surface area contributed by atoms with Gasteiger partial charge in [-0.05, 0) is 17.7 Å². The van der Waals surface area contributed by atoms with Crippen molar-refractivity contribution in [2.45, 2.75) is 6.54 Å². The highest BCUT2D eigenvalue weighted by Crippen LogP contribution is 2.11. The third-order valence-corrected chi connectivity index (χ3v) is 2.44. The second-order valence-electron chi connectivity index (χ2n) is 3.96. The topological polar surface area (TPSA) is 59.0 Å². The third kappa shape index (κ3) is 5.16. The number of rotatable bonds is 7. The van der Waals surface area contributed by atoms with Crippen LogP contribution >= 0.6 is 0 Å². The molecule has 0 saturated heterocycles. The molecule has 100 valence electrons. The van der Waals surface area contributed by atoms with Gasteiger partial charge in [0.15, 0.2) is 0 Å². The van der Waals surface area contributed by atoms with Gasteiger partial charge in [0, 0.05) is 20.7 Å². The first kappa shape index (κ1) is 14.5. The highest BCUT2D eigenvalue weighted by atomic mass is 16.5. The predicted molar refractivity (Wildman–Crippen MR) is 67.3 cm³/mol. The Hall–Kier alpha value is -1.59. The molecule has 1 rings (SSSR count). The number of phenols is 1. The number of carbonyl (C=O) groups is 1. The van der Waals surface area contributed by atoms with Crippen LogP contribution in [0.25, 0.3) is 0 Å². The van der Waals surface area contributed by atoms with Gasteiger partial charge in [-0.25, -0.2) is 0 Å². The Morgan fingerprint density at radius 1 is 1.28 bits per heavy atom. The summed E-state index contributed by atoms with van der Waals surface area (Å²) in [5.74, 6) is 0.134. The minimum Gasteiger partial charge on any atom is -0.508 e. The molecular formula is C13H19NO4. The molecule has 5 nitrogen and oxygen atoms in total. The van der Waals surface area contributed by atoms with Crippen LogP contribution in [0.3, 0.4) is 0 Å². The summed E-state index contributed by atoms with van der Waals surface area (Å²) in [4.78, 5) is 13.3. The van der Waals surface area contributed by atoms with E-state index in [0.29, 0.717) is 19.8 Å². The summed E-state index contributed by atoms with van der Waals surface area (Å²) in [7, 11) is 3.30. The molecule has 5 heteroatoms. The first-order valence-corrected chi connectivity index (χ1v) is 5.72. The van der Waals surface area contributed by atoms with E-state index >= 15 is 0 Å². The van der Waals surface area contributed by atoms with Crippen molar-refractivity contribution in [1.82, 2.24) is 4.90 Å². The number of benzene rings is 1. The van der Waals surface area contributed by atoms with Crippen LogP contribution in [-0.4, -0.2) is 49.9 Å². The molecule has 0 radical (unpaired) electrons. The maximum absolute atomic E-state index is 11.7. The number of phenolic OH excluding ortho intramolecular Hbond substituents is 1. The van der Waals surface area contributed by atoms with E-state index in [2.05, 4.69) is 0 Å². The minimum absolute atomic E-state index is 0.0535. The summed E-state index contributed by atoms with van der Waals surface area (Å²) in [6.07, 6.45) is 0. The van der Waals surface area contributed by atoms with E-state index in [1.54, 1.807) is 43.3 Å². The first-order valence-electron chi connectivity index (χ1n) is 5.72. The average molecular weight is 253 g/mol. The van der Waals surface area contributed by atoms with Crippen LogP contribution in [0, 0.1) is 0 Å². The Morgan fingerprint density at radius 3 is 2.56 bits per heavy atom. The smallest absolute Gasteiger partial charge is 0.248 e. The van der Waals surface area contributed by atoms with E-state index in [0.717, 1.165) is 5.56 Å². The fraction of sp³-hybridized carbons (Fsp3) is 0.462. The Kier molecular flexibility index (Phi) is 6.18. The lowest BCUT2D eigenvalue weighted by molar-refractivity contribution is -0.135. The van der Waals surface area contributed by atoms with Crippen molar-refractivity contribution in [3.05, 3.63) is 29.8 Å². The first-order chi connectivity index (χ1) is 8.63.